The summed E-state index contributed by atoms with van der Waals surface area (Å²) in [5.74, 6) is -0.0890. The third-order valence-corrected chi connectivity index (χ3v) is 3.86. The lowest BCUT2D eigenvalue weighted by Gasteiger charge is -2.03. The van der Waals surface area contributed by atoms with Crippen LogP contribution >= 0.6 is 11.3 Å². The van der Waals surface area contributed by atoms with E-state index in [0.717, 1.165) is 24.7 Å². The Labute approximate surface area is 123 Å². The second-order valence-electron chi connectivity index (χ2n) is 4.69. The minimum Gasteiger partial charge on any atom is -0.384 e. The molecule has 0 spiro atoms. The van der Waals surface area contributed by atoms with Crippen LogP contribution in [0.2, 0.25) is 0 Å². The molecule has 0 radical (unpaired) electrons. The van der Waals surface area contributed by atoms with Gasteiger partial charge in [0.2, 0.25) is 0 Å². The molecule has 1 fully saturated rings. The van der Waals surface area contributed by atoms with Gasteiger partial charge in [0.15, 0.2) is 5.13 Å². The first-order chi connectivity index (χ1) is 10.0. The molecule has 1 amide bonds. The Morgan fingerprint density at radius 1 is 1.52 bits per heavy atom. The van der Waals surface area contributed by atoms with Crippen LogP contribution in [-0.4, -0.2) is 20.8 Å². The summed E-state index contributed by atoms with van der Waals surface area (Å²) in [6.07, 6.45) is 3.20. The Morgan fingerprint density at radius 2 is 2.29 bits per heavy atom. The Morgan fingerprint density at radius 3 is 2.95 bits per heavy atom. The third kappa shape index (κ3) is 2.82. The van der Waals surface area contributed by atoms with E-state index in [1.54, 1.807) is 0 Å². The Kier molecular flexibility index (Phi) is 3.26. The highest BCUT2D eigenvalue weighted by atomic mass is 32.1. The van der Waals surface area contributed by atoms with Gasteiger partial charge >= 0.3 is 0 Å². The van der Waals surface area contributed by atoms with Crippen molar-refractivity contribution in [3.63, 3.8) is 0 Å². The fraction of sp³-hybridized carbons (Fsp3) is 0.250. The van der Waals surface area contributed by atoms with Gasteiger partial charge in [0.05, 0.1) is 10.6 Å². The summed E-state index contributed by atoms with van der Waals surface area (Å²) in [6.45, 7) is 0. The predicted octanol–water partition coefficient (Wildman–Crippen LogP) is 2.16. The van der Waals surface area contributed by atoms with Crippen molar-refractivity contribution in [3.05, 3.63) is 39.0 Å². The molecule has 0 bridgehead atoms. The minimum absolute atomic E-state index is 0.0450. The fourth-order valence-corrected chi connectivity index (χ4v) is 2.65. The van der Waals surface area contributed by atoms with Gasteiger partial charge in [0.1, 0.15) is 17.6 Å². The van der Waals surface area contributed by atoms with Gasteiger partial charge in [-0.25, -0.2) is 9.97 Å². The van der Waals surface area contributed by atoms with Gasteiger partial charge in [0, 0.05) is 11.3 Å². The van der Waals surface area contributed by atoms with Crippen LogP contribution in [0.25, 0.3) is 0 Å². The van der Waals surface area contributed by atoms with Crippen LogP contribution in [0, 0.1) is 10.1 Å². The zero-order valence-electron chi connectivity index (χ0n) is 10.8. The number of aromatic nitrogens is 2. The maximum absolute atomic E-state index is 12.2. The number of hydrogen-bond donors (Lipinski definition) is 2. The number of carbonyl (C=O) groups excluding carboxylic acids is 1. The molecule has 2 aromatic heterocycles. The lowest BCUT2D eigenvalue weighted by molar-refractivity contribution is -0.385. The predicted molar refractivity (Wildman–Crippen MR) is 77.3 cm³/mol. The van der Waals surface area contributed by atoms with E-state index in [-0.39, 0.29) is 17.1 Å². The van der Waals surface area contributed by atoms with Crippen LogP contribution in [0.1, 0.15) is 34.8 Å². The van der Waals surface area contributed by atoms with E-state index in [4.69, 9.17) is 5.73 Å². The van der Waals surface area contributed by atoms with Gasteiger partial charge in [-0.2, -0.15) is 0 Å². The van der Waals surface area contributed by atoms with E-state index in [9.17, 15) is 14.9 Å². The first-order valence-corrected chi connectivity index (χ1v) is 7.09. The molecule has 0 aliphatic heterocycles. The van der Waals surface area contributed by atoms with Gasteiger partial charge in [-0.1, -0.05) is 0 Å². The molecule has 0 aromatic carbocycles. The van der Waals surface area contributed by atoms with Crippen LogP contribution in [0.3, 0.4) is 0 Å². The Bertz CT molecular complexity index is 725. The van der Waals surface area contributed by atoms with Crippen molar-refractivity contribution < 1.29 is 9.72 Å². The van der Waals surface area contributed by atoms with Crippen LogP contribution < -0.4 is 11.1 Å². The van der Waals surface area contributed by atoms with Gasteiger partial charge in [-0.3, -0.25) is 20.2 Å². The fourth-order valence-electron chi connectivity index (χ4n) is 1.87. The molecule has 3 rings (SSSR count). The number of nitrogens with two attached hydrogens (primary N) is 1. The number of nitrogen functional groups attached to an aromatic ring is 1. The number of anilines is 2. The van der Waals surface area contributed by atoms with Gasteiger partial charge in [-0.15, -0.1) is 11.3 Å². The maximum atomic E-state index is 12.2. The summed E-state index contributed by atoms with van der Waals surface area (Å²) >= 11 is 1.30. The van der Waals surface area contributed by atoms with Crippen molar-refractivity contribution in [1.29, 1.82) is 0 Å². The number of nitro groups is 1. The number of nitrogens with one attached hydrogen (secondary N) is 1. The molecule has 3 N–H and O–H groups in total. The highest BCUT2D eigenvalue weighted by Crippen LogP contribution is 2.40. The SMILES string of the molecule is Nc1cc(C(=O)Nc2nc(C3CC3)cs2)c([N+](=O)[O-])cn1. The lowest BCUT2D eigenvalue weighted by atomic mass is 10.2. The monoisotopic (exact) mass is 305 g/mol. The average molecular weight is 305 g/mol. The van der Waals surface area contributed by atoms with Crippen LogP contribution in [-0.2, 0) is 0 Å². The number of pyridine rings is 1. The molecule has 0 atom stereocenters. The summed E-state index contributed by atoms with van der Waals surface area (Å²) in [4.78, 5) is 30.3. The van der Waals surface area contributed by atoms with Crippen LogP contribution in [0.15, 0.2) is 17.6 Å². The smallest absolute Gasteiger partial charge is 0.300 e. The van der Waals surface area contributed by atoms with Crippen molar-refractivity contribution in [2.24, 2.45) is 0 Å². The molecule has 1 aliphatic rings. The van der Waals surface area contributed by atoms with E-state index < -0.39 is 10.8 Å². The number of carbonyl (C=O) groups is 1. The van der Waals surface area contributed by atoms with Crippen molar-refractivity contribution in [2.45, 2.75) is 18.8 Å². The van der Waals surface area contributed by atoms with Gasteiger partial charge < -0.3 is 5.73 Å². The molecular weight excluding hydrogens is 294 g/mol. The largest absolute Gasteiger partial charge is 0.384 e. The summed E-state index contributed by atoms with van der Waals surface area (Å²) in [5, 5.41) is 15.8. The van der Waals surface area contributed by atoms with Crippen molar-refractivity contribution >= 4 is 33.9 Å². The number of hydrogen-bond acceptors (Lipinski definition) is 7. The van der Waals surface area contributed by atoms with Crippen LogP contribution in [0.5, 0.6) is 0 Å². The molecule has 1 saturated carbocycles. The summed E-state index contributed by atoms with van der Waals surface area (Å²) in [5.41, 5.74) is 5.92. The normalized spacial score (nSPS) is 13.9. The highest BCUT2D eigenvalue weighted by Gasteiger charge is 2.27. The molecule has 2 aromatic rings. The van der Waals surface area contributed by atoms with E-state index in [2.05, 4.69) is 15.3 Å². The first kappa shape index (κ1) is 13.4. The van der Waals surface area contributed by atoms with Crippen molar-refractivity contribution in [3.8, 4) is 0 Å². The quantitative estimate of drug-likeness (QED) is 0.658. The zero-order valence-corrected chi connectivity index (χ0v) is 11.6. The Balaban J connectivity index is 1.83. The summed E-state index contributed by atoms with van der Waals surface area (Å²) in [6, 6.07) is 1.18. The molecule has 108 valence electrons. The zero-order chi connectivity index (χ0) is 15.0. The average Bonchev–Trinajstić information content (AvgIpc) is 3.19. The third-order valence-electron chi connectivity index (χ3n) is 3.08. The van der Waals surface area contributed by atoms with E-state index in [0.29, 0.717) is 11.0 Å². The molecule has 2 heterocycles. The van der Waals surface area contributed by atoms with Gasteiger partial charge in [0.25, 0.3) is 11.6 Å². The number of rotatable bonds is 4. The molecule has 21 heavy (non-hydrogen) atoms. The molecule has 8 nitrogen and oxygen atoms in total. The van der Waals surface area contributed by atoms with Crippen molar-refractivity contribution in [2.75, 3.05) is 11.1 Å². The molecule has 1 aliphatic carbocycles. The molecule has 9 heteroatoms. The van der Waals surface area contributed by atoms with E-state index in [1.807, 2.05) is 5.38 Å². The molecule has 0 saturated heterocycles. The number of thiazole rings is 1. The second-order valence-corrected chi connectivity index (χ2v) is 5.55. The minimum atomic E-state index is -0.668. The maximum Gasteiger partial charge on any atom is 0.300 e. The highest BCUT2D eigenvalue weighted by molar-refractivity contribution is 7.14. The standard InChI is InChI=1S/C12H11N5O3S/c13-10-3-7(9(4-14-10)17(19)20)11(18)16-12-15-8(5-21-12)6-1-2-6/h3-6H,1-2H2,(H2,13,14)(H,15,16,18). The summed E-state index contributed by atoms with van der Waals surface area (Å²) < 4.78 is 0. The second kappa shape index (κ2) is 5.09. The van der Waals surface area contributed by atoms with Crippen LogP contribution in [0.4, 0.5) is 16.6 Å². The van der Waals surface area contributed by atoms with Crippen molar-refractivity contribution in [1.82, 2.24) is 9.97 Å². The topological polar surface area (TPSA) is 124 Å². The van der Waals surface area contributed by atoms with Gasteiger partial charge in [-0.05, 0) is 18.9 Å². The number of nitrogens with zero attached hydrogens (tertiary/aromatic N) is 3. The first-order valence-electron chi connectivity index (χ1n) is 6.21. The number of amides is 1. The lowest BCUT2D eigenvalue weighted by Crippen LogP contribution is -2.14. The van der Waals surface area contributed by atoms with E-state index >= 15 is 0 Å². The molecular formula is C12H11N5O3S. The summed E-state index contributed by atoms with van der Waals surface area (Å²) in [7, 11) is 0. The molecule has 0 unspecified atom stereocenters. The Hall–Kier alpha value is -2.55. The van der Waals surface area contributed by atoms with E-state index in [1.165, 1.54) is 17.4 Å².